The number of nitrogens with zero attached hydrogens (tertiary/aromatic N) is 5. The highest BCUT2D eigenvalue weighted by molar-refractivity contribution is 6.36. The van der Waals surface area contributed by atoms with Crippen molar-refractivity contribution >= 4 is 50.6 Å². The lowest BCUT2D eigenvalue weighted by molar-refractivity contribution is 0.407. The van der Waals surface area contributed by atoms with E-state index in [4.69, 9.17) is 11.6 Å². The molecule has 0 radical (unpaired) electrons. The number of halogens is 1. The highest BCUT2D eigenvalue weighted by Crippen LogP contribution is 2.35. The average molecular weight is 435 g/mol. The van der Waals surface area contributed by atoms with E-state index in [0.29, 0.717) is 34.0 Å². The number of rotatable bonds is 3. The van der Waals surface area contributed by atoms with Crippen LogP contribution in [0.4, 0.5) is 17.2 Å². The highest BCUT2D eigenvalue weighted by atomic mass is 35.5. The number of fused-ring (bicyclic) bond motifs is 2. The van der Waals surface area contributed by atoms with Crippen LogP contribution in [0, 0.1) is 11.3 Å². The van der Waals surface area contributed by atoms with Crippen molar-refractivity contribution < 1.29 is 0 Å². The lowest BCUT2D eigenvalue weighted by atomic mass is 10.1. The van der Waals surface area contributed by atoms with Crippen molar-refractivity contribution in [2.75, 3.05) is 23.3 Å². The van der Waals surface area contributed by atoms with Gasteiger partial charge in [-0.1, -0.05) is 11.6 Å². The van der Waals surface area contributed by atoms with Crippen LogP contribution in [0.25, 0.3) is 21.8 Å². The summed E-state index contributed by atoms with van der Waals surface area (Å²) in [5.74, 6) is 0.626. The highest BCUT2D eigenvalue weighted by Gasteiger charge is 2.23. The molecule has 3 N–H and O–H groups in total. The number of nitriles is 1. The minimum atomic E-state index is 0.411. The molecule has 8 nitrogen and oxygen atoms in total. The third-order valence-corrected chi connectivity index (χ3v) is 5.93. The first-order chi connectivity index (χ1) is 14.9. The van der Waals surface area contributed by atoms with Crippen LogP contribution in [0.5, 0.6) is 0 Å². The average Bonchev–Trinajstić information content (AvgIpc) is 3.29. The lowest BCUT2D eigenvalue weighted by Gasteiger charge is -2.37. The van der Waals surface area contributed by atoms with Gasteiger partial charge in [0, 0.05) is 55.2 Å². The maximum atomic E-state index is 9.52. The number of hydrogen-bond donors (Lipinski definition) is 3. The van der Waals surface area contributed by atoms with Crippen LogP contribution >= 0.6 is 11.6 Å². The topological polar surface area (TPSA) is 97.6 Å². The number of piperazine rings is 1. The summed E-state index contributed by atoms with van der Waals surface area (Å²) in [4.78, 5) is 2.35. The first kappa shape index (κ1) is 19.7. The van der Waals surface area contributed by atoms with Crippen molar-refractivity contribution in [2.45, 2.75) is 25.9 Å². The largest absolute Gasteiger partial charge is 0.368 e. The first-order valence-electron chi connectivity index (χ1n) is 10.2. The quantitative estimate of drug-likeness (QED) is 0.452. The molecule has 158 valence electrons. The monoisotopic (exact) mass is 434 g/mol. The van der Waals surface area contributed by atoms with Crippen molar-refractivity contribution in [3.05, 3.63) is 41.0 Å². The Balaban J connectivity index is 1.51. The number of aryl methyl sites for hydroxylation is 1. The molecule has 0 saturated carbocycles. The molecular formula is C22H23ClN8. The van der Waals surface area contributed by atoms with E-state index in [-0.39, 0.29) is 0 Å². The molecule has 9 heteroatoms. The molecule has 31 heavy (non-hydrogen) atoms. The molecule has 1 saturated heterocycles. The fraction of sp³-hybridized carbons (Fsp3) is 0.318. The zero-order valence-electron chi connectivity index (χ0n) is 17.6. The van der Waals surface area contributed by atoms with Crippen LogP contribution in [-0.4, -0.2) is 45.2 Å². The molecule has 1 fully saturated rings. The maximum absolute atomic E-state index is 9.52. The summed E-state index contributed by atoms with van der Waals surface area (Å²) in [6.07, 6.45) is 1.89. The van der Waals surface area contributed by atoms with E-state index in [1.165, 1.54) is 0 Å². The predicted octanol–water partition coefficient (Wildman–Crippen LogP) is 3.90. The van der Waals surface area contributed by atoms with Gasteiger partial charge in [-0.25, -0.2) is 0 Å². The molecule has 3 heterocycles. The standard InChI is InChI=1S/C22H23ClN8/c1-12-9-31(10-13(2)25-12)17-6-18(23)20-19(7-17)27-28-22(20)26-16-4-14(8-24)21-15(5-16)11-30(3)29-21/h4-7,11-13,25H,9-10H2,1-3H3,(H2,26,27,28)/t12-,13-/m0/s1. The first-order valence-corrected chi connectivity index (χ1v) is 10.6. The number of H-pyrrole nitrogens is 1. The molecule has 2 aromatic heterocycles. The van der Waals surface area contributed by atoms with E-state index in [1.54, 1.807) is 10.7 Å². The molecule has 0 amide bonds. The van der Waals surface area contributed by atoms with Gasteiger partial charge in [0.05, 0.1) is 21.5 Å². The Morgan fingerprint density at radius 1 is 1.19 bits per heavy atom. The number of hydrogen-bond acceptors (Lipinski definition) is 6. The summed E-state index contributed by atoms with van der Waals surface area (Å²) in [5.41, 5.74) is 3.90. The van der Waals surface area contributed by atoms with Gasteiger partial charge in [0.1, 0.15) is 11.6 Å². The van der Waals surface area contributed by atoms with Crippen LogP contribution in [-0.2, 0) is 7.05 Å². The van der Waals surface area contributed by atoms with E-state index in [1.807, 2.05) is 25.4 Å². The summed E-state index contributed by atoms with van der Waals surface area (Å²) in [5, 5.41) is 30.7. The van der Waals surface area contributed by atoms with Gasteiger partial charge in [-0.2, -0.15) is 15.5 Å². The SMILES string of the molecule is C[C@H]1CN(c2cc(Cl)c3c(Nc4cc(C#N)c5nn(C)cc5c4)n[nH]c3c2)C[C@H](C)N1. The Kier molecular flexibility index (Phi) is 4.73. The van der Waals surface area contributed by atoms with Gasteiger partial charge in [0.15, 0.2) is 5.82 Å². The van der Waals surface area contributed by atoms with Crippen LogP contribution in [0.3, 0.4) is 0 Å². The fourth-order valence-electron chi connectivity index (χ4n) is 4.45. The van der Waals surface area contributed by atoms with Crippen molar-refractivity contribution in [1.82, 2.24) is 25.3 Å². The minimum Gasteiger partial charge on any atom is -0.368 e. The van der Waals surface area contributed by atoms with Crippen molar-refractivity contribution in [2.24, 2.45) is 7.05 Å². The zero-order chi connectivity index (χ0) is 21.7. The second-order valence-corrected chi connectivity index (χ2v) is 8.70. The molecule has 2 aromatic carbocycles. The van der Waals surface area contributed by atoms with Crippen LogP contribution in [0.2, 0.25) is 5.02 Å². The van der Waals surface area contributed by atoms with Gasteiger partial charge >= 0.3 is 0 Å². The summed E-state index contributed by atoms with van der Waals surface area (Å²) in [6.45, 7) is 6.23. The molecule has 0 aliphatic carbocycles. The van der Waals surface area contributed by atoms with Crippen LogP contribution < -0.4 is 15.5 Å². The molecule has 0 bridgehead atoms. The zero-order valence-corrected chi connectivity index (χ0v) is 18.3. The second kappa shape index (κ2) is 7.45. The number of benzene rings is 2. The number of anilines is 3. The third-order valence-electron chi connectivity index (χ3n) is 5.63. The Hall–Kier alpha value is -3.28. The Bertz CT molecular complexity index is 1320. The molecular weight excluding hydrogens is 412 g/mol. The molecule has 5 rings (SSSR count). The van der Waals surface area contributed by atoms with Gasteiger partial charge in [-0.15, -0.1) is 0 Å². The molecule has 1 aliphatic rings. The summed E-state index contributed by atoms with van der Waals surface area (Å²) in [6, 6.07) is 10.9. The van der Waals surface area contributed by atoms with Gasteiger partial charge < -0.3 is 15.5 Å². The van der Waals surface area contributed by atoms with Crippen LogP contribution in [0.15, 0.2) is 30.5 Å². The summed E-state index contributed by atoms with van der Waals surface area (Å²) < 4.78 is 1.70. The second-order valence-electron chi connectivity index (χ2n) is 8.30. The van der Waals surface area contributed by atoms with Crippen molar-refractivity contribution in [3.63, 3.8) is 0 Å². The Morgan fingerprint density at radius 3 is 2.71 bits per heavy atom. The number of nitrogens with one attached hydrogen (secondary N) is 3. The van der Waals surface area contributed by atoms with E-state index in [2.05, 4.69) is 56.8 Å². The molecule has 0 spiro atoms. The third kappa shape index (κ3) is 3.56. The fourth-order valence-corrected chi connectivity index (χ4v) is 4.76. The van der Waals surface area contributed by atoms with Gasteiger partial charge in [0.25, 0.3) is 0 Å². The van der Waals surface area contributed by atoms with Gasteiger partial charge in [-0.05, 0) is 38.1 Å². The molecule has 0 unspecified atom stereocenters. The minimum absolute atomic E-state index is 0.411. The number of aromatic nitrogens is 4. The molecule has 2 atom stereocenters. The van der Waals surface area contributed by atoms with E-state index in [0.717, 1.165) is 40.8 Å². The van der Waals surface area contributed by atoms with Gasteiger partial charge in [0.2, 0.25) is 0 Å². The van der Waals surface area contributed by atoms with Crippen molar-refractivity contribution in [3.8, 4) is 6.07 Å². The normalized spacial score (nSPS) is 19.1. The van der Waals surface area contributed by atoms with Crippen molar-refractivity contribution in [1.29, 1.82) is 5.26 Å². The van der Waals surface area contributed by atoms with E-state index >= 15 is 0 Å². The lowest BCUT2D eigenvalue weighted by Crippen LogP contribution is -2.54. The maximum Gasteiger partial charge on any atom is 0.161 e. The molecule has 4 aromatic rings. The summed E-state index contributed by atoms with van der Waals surface area (Å²) in [7, 11) is 1.84. The van der Waals surface area contributed by atoms with Gasteiger partial charge in [-0.3, -0.25) is 9.78 Å². The molecule has 1 aliphatic heterocycles. The van der Waals surface area contributed by atoms with E-state index < -0.39 is 0 Å². The Morgan fingerprint density at radius 2 is 1.97 bits per heavy atom. The number of aromatic amines is 1. The van der Waals surface area contributed by atoms with Crippen LogP contribution in [0.1, 0.15) is 19.4 Å². The van der Waals surface area contributed by atoms with E-state index in [9.17, 15) is 5.26 Å². The smallest absolute Gasteiger partial charge is 0.161 e. The predicted molar refractivity (Wildman–Crippen MR) is 124 cm³/mol. The summed E-state index contributed by atoms with van der Waals surface area (Å²) >= 11 is 6.72. The Labute approximate surface area is 184 Å².